The van der Waals surface area contributed by atoms with Crippen molar-refractivity contribution in [2.45, 2.75) is 33.1 Å². The zero-order chi connectivity index (χ0) is 19.8. The smallest absolute Gasteiger partial charge is 0.226 e. The molecule has 0 saturated carbocycles. The van der Waals surface area contributed by atoms with Gasteiger partial charge >= 0.3 is 0 Å². The molecule has 3 aromatic rings. The Kier molecular flexibility index (Phi) is 7.19. The van der Waals surface area contributed by atoms with E-state index in [-0.39, 0.29) is 0 Å². The molecule has 1 aromatic carbocycles. The number of thiazole rings is 1. The lowest BCUT2D eigenvalue weighted by atomic mass is 10.1. The maximum atomic E-state index is 5.61. The number of aromatic nitrogens is 2. The van der Waals surface area contributed by atoms with Crippen molar-refractivity contribution in [3.8, 4) is 11.5 Å². The van der Waals surface area contributed by atoms with Gasteiger partial charge in [-0.3, -0.25) is 4.99 Å². The van der Waals surface area contributed by atoms with Crippen LogP contribution in [0.15, 0.2) is 46.1 Å². The van der Waals surface area contributed by atoms with E-state index in [1.165, 1.54) is 10.4 Å². The minimum absolute atomic E-state index is 0.660. The Morgan fingerprint density at radius 3 is 2.57 bits per heavy atom. The van der Waals surface area contributed by atoms with Gasteiger partial charge in [0.25, 0.3) is 0 Å². The Hall–Kier alpha value is -2.67. The molecule has 7 heteroatoms. The molecule has 0 unspecified atom stereocenters. The van der Waals surface area contributed by atoms with E-state index < -0.39 is 0 Å². The van der Waals surface area contributed by atoms with Crippen molar-refractivity contribution in [2.24, 2.45) is 4.99 Å². The fraction of sp³-hybridized carbons (Fsp3) is 0.381. The molecule has 0 aliphatic carbocycles. The molecule has 0 bridgehead atoms. The number of hydrogen-bond donors (Lipinski definition) is 2. The van der Waals surface area contributed by atoms with E-state index in [1.807, 2.05) is 18.3 Å². The number of oxazole rings is 1. The van der Waals surface area contributed by atoms with Crippen LogP contribution in [-0.2, 0) is 19.3 Å². The van der Waals surface area contributed by atoms with Crippen LogP contribution in [0.4, 0.5) is 0 Å². The number of aliphatic imine (C=N–C) groups is 1. The predicted molar refractivity (Wildman–Crippen MR) is 115 cm³/mol. The van der Waals surface area contributed by atoms with Crippen LogP contribution >= 0.6 is 11.3 Å². The van der Waals surface area contributed by atoms with Gasteiger partial charge in [-0.05, 0) is 25.5 Å². The number of hydrogen-bond acceptors (Lipinski definition) is 5. The molecule has 0 amide bonds. The number of nitrogens with zero attached hydrogens (tertiary/aromatic N) is 3. The van der Waals surface area contributed by atoms with E-state index in [0.29, 0.717) is 5.89 Å². The number of nitrogens with one attached hydrogen (secondary N) is 2. The average molecular weight is 398 g/mol. The summed E-state index contributed by atoms with van der Waals surface area (Å²) >= 11 is 1.78. The molecule has 0 fully saturated rings. The van der Waals surface area contributed by atoms with Crippen molar-refractivity contribution in [3.05, 3.63) is 57.9 Å². The highest BCUT2D eigenvalue weighted by Crippen LogP contribution is 2.19. The molecule has 0 aliphatic rings. The van der Waals surface area contributed by atoms with Gasteiger partial charge in [0, 0.05) is 49.6 Å². The Bertz CT molecular complexity index is 898. The number of rotatable bonds is 8. The quantitative estimate of drug-likeness (QED) is 0.448. The van der Waals surface area contributed by atoms with Gasteiger partial charge in [0.2, 0.25) is 5.89 Å². The number of benzene rings is 1. The third-order valence-corrected chi connectivity index (χ3v) is 5.53. The fourth-order valence-electron chi connectivity index (χ4n) is 2.70. The maximum absolute atomic E-state index is 5.61. The molecule has 0 aliphatic heterocycles. The third-order valence-electron chi connectivity index (χ3n) is 4.33. The van der Waals surface area contributed by atoms with Crippen LogP contribution in [0, 0.1) is 6.92 Å². The third kappa shape index (κ3) is 5.66. The van der Waals surface area contributed by atoms with Crippen molar-refractivity contribution < 1.29 is 4.42 Å². The zero-order valence-electron chi connectivity index (χ0n) is 16.7. The summed E-state index contributed by atoms with van der Waals surface area (Å²) in [5, 5.41) is 7.81. The van der Waals surface area contributed by atoms with Crippen LogP contribution in [0.1, 0.15) is 28.1 Å². The van der Waals surface area contributed by atoms with E-state index in [9.17, 15) is 0 Å². The standard InChI is InChI=1S/C21H27N5OS/c1-4-18-13-25-19(28-18)10-12-24-21(22-3)23-11-9-17-14-27-20(26-17)16-7-5-15(2)6-8-16/h5-8,13-14H,4,9-12H2,1-3H3,(H2,22,23,24). The first kappa shape index (κ1) is 20.1. The van der Waals surface area contributed by atoms with Crippen molar-refractivity contribution >= 4 is 17.3 Å². The summed E-state index contributed by atoms with van der Waals surface area (Å²) in [4.78, 5) is 14.6. The van der Waals surface area contributed by atoms with Crippen molar-refractivity contribution in [1.82, 2.24) is 20.6 Å². The molecule has 0 saturated heterocycles. The van der Waals surface area contributed by atoms with Gasteiger partial charge in [-0.15, -0.1) is 11.3 Å². The molecule has 28 heavy (non-hydrogen) atoms. The van der Waals surface area contributed by atoms with Gasteiger partial charge in [-0.1, -0.05) is 24.6 Å². The highest BCUT2D eigenvalue weighted by atomic mass is 32.1. The van der Waals surface area contributed by atoms with Crippen LogP contribution in [0.5, 0.6) is 0 Å². The minimum Gasteiger partial charge on any atom is -0.444 e. The van der Waals surface area contributed by atoms with Gasteiger partial charge in [0.05, 0.1) is 10.7 Å². The molecule has 148 valence electrons. The van der Waals surface area contributed by atoms with Crippen molar-refractivity contribution in [3.63, 3.8) is 0 Å². The molecule has 0 radical (unpaired) electrons. The second-order valence-electron chi connectivity index (χ2n) is 6.51. The summed E-state index contributed by atoms with van der Waals surface area (Å²) in [5.41, 5.74) is 3.14. The lowest BCUT2D eigenvalue weighted by molar-refractivity contribution is 0.572. The van der Waals surface area contributed by atoms with Gasteiger partial charge in [-0.2, -0.15) is 0 Å². The van der Waals surface area contributed by atoms with Crippen LogP contribution in [0.2, 0.25) is 0 Å². The van der Waals surface area contributed by atoms with Crippen molar-refractivity contribution in [1.29, 1.82) is 0 Å². The van der Waals surface area contributed by atoms with Gasteiger partial charge in [-0.25, -0.2) is 9.97 Å². The van der Waals surface area contributed by atoms with E-state index in [0.717, 1.165) is 54.6 Å². The monoisotopic (exact) mass is 397 g/mol. The van der Waals surface area contributed by atoms with Gasteiger partial charge in [0.15, 0.2) is 5.96 Å². The normalized spacial score (nSPS) is 11.6. The Morgan fingerprint density at radius 2 is 1.89 bits per heavy atom. The van der Waals surface area contributed by atoms with Crippen LogP contribution in [0.25, 0.3) is 11.5 Å². The highest BCUT2D eigenvalue weighted by Gasteiger charge is 2.07. The van der Waals surface area contributed by atoms with E-state index in [4.69, 9.17) is 4.42 Å². The molecule has 2 aromatic heterocycles. The summed E-state index contributed by atoms with van der Waals surface area (Å²) in [7, 11) is 1.78. The summed E-state index contributed by atoms with van der Waals surface area (Å²) in [6, 6.07) is 8.18. The van der Waals surface area contributed by atoms with Gasteiger partial charge in [0.1, 0.15) is 6.26 Å². The number of guanidine groups is 1. The summed E-state index contributed by atoms with van der Waals surface area (Å²) in [6.45, 7) is 5.76. The predicted octanol–water partition coefficient (Wildman–Crippen LogP) is 3.62. The molecular formula is C21H27N5OS. The first-order valence-electron chi connectivity index (χ1n) is 9.57. The minimum atomic E-state index is 0.660. The summed E-state index contributed by atoms with van der Waals surface area (Å²) in [6.07, 6.45) is 6.40. The zero-order valence-corrected chi connectivity index (χ0v) is 17.5. The van der Waals surface area contributed by atoms with E-state index in [1.54, 1.807) is 24.6 Å². The highest BCUT2D eigenvalue weighted by molar-refractivity contribution is 7.11. The largest absolute Gasteiger partial charge is 0.444 e. The first-order valence-corrected chi connectivity index (χ1v) is 10.4. The molecule has 2 N–H and O–H groups in total. The first-order chi connectivity index (χ1) is 13.7. The van der Waals surface area contributed by atoms with Gasteiger partial charge < -0.3 is 15.1 Å². The molecule has 3 rings (SSSR count). The lowest BCUT2D eigenvalue weighted by Crippen LogP contribution is -2.39. The second kappa shape index (κ2) is 10.0. The van der Waals surface area contributed by atoms with E-state index in [2.05, 4.69) is 51.6 Å². The van der Waals surface area contributed by atoms with Crippen molar-refractivity contribution in [2.75, 3.05) is 20.1 Å². The Morgan fingerprint density at radius 1 is 1.14 bits per heavy atom. The molecular weight excluding hydrogens is 370 g/mol. The molecule has 2 heterocycles. The summed E-state index contributed by atoms with van der Waals surface area (Å²) in [5.74, 6) is 1.45. The molecule has 0 spiro atoms. The Labute approximate surface area is 170 Å². The summed E-state index contributed by atoms with van der Waals surface area (Å²) < 4.78 is 5.61. The van der Waals surface area contributed by atoms with Crippen LogP contribution in [-0.4, -0.2) is 36.1 Å². The fourth-order valence-corrected chi connectivity index (χ4v) is 3.56. The molecule has 0 atom stereocenters. The second-order valence-corrected chi connectivity index (χ2v) is 7.71. The average Bonchev–Trinajstić information content (AvgIpc) is 3.37. The maximum Gasteiger partial charge on any atom is 0.226 e. The van der Waals surface area contributed by atoms with E-state index >= 15 is 0 Å². The molecule has 6 nitrogen and oxygen atoms in total. The Balaban J connectivity index is 1.41. The van der Waals surface area contributed by atoms with Crippen LogP contribution < -0.4 is 10.6 Å². The number of aryl methyl sites for hydroxylation is 2. The van der Waals surface area contributed by atoms with Crippen LogP contribution in [0.3, 0.4) is 0 Å². The SMILES string of the molecule is CCc1cnc(CCNC(=NC)NCCc2coc(-c3ccc(C)cc3)n2)s1. The topological polar surface area (TPSA) is 75.3 Å². The lowest BCUT2D eigenvalue weighted by Gasteiger charge is -2.10.